The van der Waals surface area contributed by atoms with Gasteiger partial charge < -0.3 is 15.6 Å². The van der Waals surface area contributed by atoms with E-state index in [2.05, 4.69) is 15.9 Å². The fraction of sp³-hybridized carbons (Fsp3) is 0.400. The lowest BCUT2D eigenvalue weighted by Gasteiger charge is -2.24. The van der Waals surface area contributed by atoms with Crippen LogP contribution in [0.15, 0.2) is 6.20 Å². The number of aldehydes is 1. The number of terminal acetylenes is 1. The average molecular weight is 336 g/mol. The highest BCUT2D eigenvalue weighted by Gasteiger charge is 2.54. The number of nitrogens with two attached hydrogens (primary N) is 1. The zero-order valence-corrected chi connectivity index (χ0v) is 12.6. The molecule has 126 valence electrons. The van der Waals surface area contributed by atoms with Gasteiger partial charge in [0.15, 0.2) is 35.8 Å². The maximum Gasteiger partial charge on any atom is 0.222 e. The molecule has 0 bridgehead atoms. The Balaban J connectivity index is 2.19. The van der Waals surface area contributed by atoms with E-state index >= 15 is 0 Å². The number of nitrogen functional groups attached to an aromatic ring is 1. The van der Waals surface area contributed by atoms with Gasteiger partial charge in [0.2, 0.25) is 5.95 Å². The van der Waals surface area contributed by atoms with Crippen molar-refractivity contribution in [1.29, 1.82) is 0 Å². The number of anilines is 1. The summed E-state index contributed by atoms with van der Waals surface area (Å²) in [5, 5.41) is 9.90. The van der Waals surface area contributed by atoms with Crippen molar-refractivity contribution in [2.75, 3.05) is 5.73 Å². The normalized spacial score (nSPS) is 29.7. The van der Waals surface area contributed by atoms with Crippen molar-refractivity contribution in [3.63, 3.8) is 0 Å². The summed E-state index contributed by atoms with van der Waals surface area (Å²) in [6, 6.07) is 0. The SMILES string of the molecule is C#CC1(CC)OC(n2cc(F)c3c(C=O)nc(N)nc32)C(F)C1O. The van der Waals surface area contributed by atoms with Crippen LogP contribution in [-0.4, -0.2) is 43.8 Å². The summed E-state index contributed by atoms with van der Waals surface area (Å²) in [7, 11) is 0. The van der Waals surface area contributed by atoms with E-state index < -0.39 is 29.9 Å². The summed E-state index contributed by atoms with van der Waals surface area (Å²) >= 11 is 0. The minimum atomic E-state index is -1.92. The van der Waals surface area contributed by atoms with Crippen molar-refractivity contribution in [2.24, 2.45) is 0 Å². The van der Waals surface area contributed by atoms with Gasteiger partial charge in [-0.2, -0.15) is 4.98 Å². The largest absolute Gasteiger partial charge is 0.386 e. The number of hydrogen-bond acceptors (Lipinski definition) is 6. The van der Waals surface area contributed by atoms with Gasteiger partial charge in [-0.1, -0.05) is 12.8 Å². The fourth-order valence-electron chi connectivity index (χ4n) is 2.91. The molecule has 0 amide bonds. The maximum atomic E-state index is 14.6. The molecule has 3 rings (SSSR count). The number of rotatable bonds is 3. The van der Waals surface area contributed by atoms with E-state index in [1.165, 1.54) is 0 Å². The number of ether oxygens (including phenoxy) is 1. The smallest absolute Gasteiger partial charge is 0.222 e. The Morgan fingerprint density at radius 1 is 1.62 bits per heavy atom. The standard InChI is InChI=1S/C15H14F2N4O3/c1-3-15(4-2)11(23)10(17)13(24-15)21-5-7(16)9-8(6-22)19-14(18)20-12(9)21/h1,5-6,10-11,13,23H,4H2,2H3,(H2,18,19,20). The number of aliphatic hydroxyl groups excluding tert-OH is 1. The summed E-state index contributed by atoms with van der Waals surface area (Å²) in [4.78, 5) is 18.6. The molecule has 3 N–H and O–H groups in total. The summed E-state index contributed by atoms with van der Waals surface area (Å²) in [6.45, 7) is 1.64. The Hall–Kier alpha value is -2.57. The van der Waals surface area contributed by atoms with E-state index in [1.54, 1.807) is 6.92 Å². The van der Waals surface area contributed by atoms with Crippen molar-refractivity contribution in [3.8, 4) is 12.3 Å². The molecule has 1 aliphatic heterocycles. The molecule has 4 atom stereocenters. The van der Waals surface area contributed by atoms with E-state index in [9.17, 15) is 18.7 Å². The van der Waals surface area contributed by atoms with Crippen LogP contribution in [0.4, 0.5) is 14.7 Å². The molecule has 0 aromatic carbocycles. The van der Waals surface area contributed by atoms with Crippen molar-refractivity contribution in [3.05, 3.63) is 17.7 Å². The molecular formula is C15H14F2N4O3. The molecule has 1 fully saturated rings. The van der Waals surface area contributed by atoms with Crippen molar-refractivity contribution >= 4 is 23.3 Å². The van der Waals surface area contributed by atoms with E-state index in [0.29, 0.717) is 6.29 Å². The van der Waals surface area contributed by atoms with Gasteiger partial charge in [0.05, 0.1) is 5.39 Å². The van der Waals surface area contributed by atoms with Gasteiger partial charge in [-0.15, -0.1) is 6.42 Å². The average Bonchev–Trinajstić information content (AvgIpc) is 3.03. The second-order valence-corrected chi connectivity index (χ2v) is 5.45. The molecule has 7 nitrogen and oxygen atoms in total. The number of alkyl halides is 1. The number of carbonyl (C=O) groups excluding carboxylic acids is 1. The van der Waals surface area contributed by atoms with Crippen LogP contribution < -0.4 is 5.73 Å². The van der Waals surface area contributed by atoms with Gasteiger partial charge in [-0.3, -0.25) is 9.36 Å². The van der Waals surface area contributed by atoms with E-state index in [4.69, 9.17) is 16.9 Å². The molecule has 0 aliphatic carbocycles. The summed E-state index contributed by atoms with van der Waals surface area (Å²) in [5.74, 6) is 1.14. The van der Waals surface area contributed by atoms with E-state index in [1.807, 2.05) is 0 Å². The van der Waals surface area contributed by atoms with Crippen LogP contribution >= 0.6 is 0 Å². The maximum absolute atomic E-state index is 14.6. The van der Waals surface area contributed by atoms with Gasteiger partial charge in [0, 0.05) is 6.20 Å². The lowest BCUT2D eigenvalue weighted by atomic mass is 9.94. The molecule has 2 aromatic rings. The molecule has 2 aromatic heterocycles. The highest BCUT2D eigenvalue weighted by atomic mass is 19.1. The van der Waals surface area contributed by atoms with Crippen LogP contribution in [0.2, 0.25) is 0 Å². The van der Waals surface area contributed by atoms with E-state index in [0.717, 1.165) is 10.8 Å². The lowest BCUT2D eigenvalue weighted by molar-refractivity contribution is -0.0665. The first-order valence-electron chi connectivity index (χ1n) is 7.15. The minimum absolute atomic E-state index is 0.120. The van der Waals surface area contributed by atoms with Gasteiger partial charge >= 0.3 is 0 Å². The second-order valence-electron chi connectivity index (χ2n) is 5.45. The Bertz CT molecular complexity index is 863. The van der Waals surface area contributed by atoms with Gasteiger partial charge in [-0.05, 0) is 6.42 Å². The fourth-order valence-corrected chi connectivity index (χ4v) is 2.91. The molecule has 1 saturated heterocycles. The number of carbonyl (C=O) groups is 1. The summed E-state index contributed by atoms with van der Waals surface area (Å²) in [6.07, 6.45) is 1.83. The highest BCUT2D eigenvalue weighted by Crippen LogP contribution is 2.42. The van der Waals surface area contributed by atoms with Crippen molar-refractivity contribution in [2.45, 2.75) is 37.4 Å². The third-order valence-electron chi connectivity index (χ3n) is 4.21. The molecule has 1 aliphatic rings. The number of aromatic nitrogens is 3. The summed E-state index contributed by atoms with van der Waals surface area (Å²) < 4.78 is 35.4. The zero-order valence-electron chi connectivity index (χ0n) is 12.6. The number of aliphatic hydroxyl groups is 1. The number of fused-ring (bicyclic) bond motifs is 1. The Morgan fingerprint density at radius 3 is 2.88 bits per heavy atom. The predicted octanol–water partition coefficient (Wildman–Crippen LogP) is 0.975. The first kappa shape index (κ1) is 16.3. The highest BCUT2D eigenvalue weighted by molar-refractivity contribution is 5.94. The first-order chi connectivity index (χ1) is 11.4. The molecule has 0 spiro atoms. The first-order valence-corrected chi connectivity index (χ1v) is 7.15. The van der Waals surface area contributed by atoms with Crippen molar-refractivity contribution in [1.82, 2.24) is 14.5 Å². The molecule has 0 radical (unpaired) electrons. The molecule has 24 heavy (non-hydrogen) atoms. The lowest BCUT2D eigenvalue weighted by Crippen LogP contribution is -2.40. The topological polar surface area (TPSA) is 103 Å². The molecule has 4 unspecified atom stereocenters. The predicted molar refractivity (Wildman–Crippen MR) is 80.2 cm³/mol. The number of halogens is 2. The van der Waals surface area contributed by atoms with Crippen LogP contribution in [0.1, 0.15) is 30.1 Å². The minimum Gasteiger partial charge on any atom is -0.386 e. The van der Waals surface area contributed by atoms with Gasteiger partial charge in [0.1, 0.15) is 11.8 Å². The van der Waals surface area contributed by atoms with Gasteiger partial charge in [-0.25, -0.2) is 13.8 Å². The Labute approximate surface area is 135 Å². The monoisotopic (exact) mass is 336 g/mol. The number of hydrogen-bond donors (Lipinski definition) is 2. The van der Waals surface area contributed by atoms with Crippen LogP contribution in [0.3, 0.4) is 0 Å². The Morgan fingerprint density at radius 2 is 2.33 bits per heavy atom. The molecule has 0 saturated carbocycles. The Kier molecular flexibility index (Phi) is 3.74. The quantitative estimate of drug-likeness (QED) is 0.640. The van der Waals surface area contributed by atoms with Crippen LogP contribution in [-0.2, 0) is 4.74 Å². The third kappa shape index (κ3) is 2.07. The second kappa shape index (κ2) is 5.51. The summed E-state index contributed by atoms with van der Waals surface area (Å²) in [5.41, 5.74) is 3.59. The molecule has 9 heteroatoms. The molecule has 3 heterocycles. The van der Waals surface area contributed by atoms with Crippen molar-refractivity contribution < 1.29 is 23.4 Å². The van der Waals surface area contributed by atoms with Crippen LogP contribution in [0.25, 0.3) is 11.0 Å². The van der Waals surface area contributed by atoms with Gasteiger partial charge in [0.25, 0.3) is 0 Å². The van der Waals surface area contributed by atoms with Crippen LogP contribution in [0.5, 0.6) is 0 Å². The molecular weight excluding hydrogens is 322 g/mol. The van der Waals surface area contributed by atoms with E-state index in [-0.39, 0.29) is 29.1 Å². The third-order valence-corrected chi connectivity index (χ3v) is 4.21. The van der Waals surface area contributed by atoms with Crippen LogP contribution in [0, 0.1) is 18.2 Å². The zero-order chi connectivity index (χ0) is 17.6. The number of nitrogens with zero attached hydrogens (tertiary/aromatic N) is 3.